The Morgan fingerprint density at radius 3 is 2.50 bits per heavy atom. The fraction of sp³-hybridized carbons (Fsp3) is 0.467. The Bertz CT molecular complexity index is 513. The van der Waals surface area contributed by atoms with Gasteiger partial charge in [0.05, 0.1) is 6.54 Å². The van der Waals surface area contributed by atoms with Crippen molar-refractivity contribution < 1.29 is 19.1 Å². The second-order valence-corrected chi connectivity index (χ2v) is 4.97. The van der Waals surface area contributed by atoms with E-state index in [1.165, 1.54) is 24.0 Å². The molecule has 1 aromatic rings. The van der Waals surface area contributed by atoms with Gasteiger partial charge in [0.2, 0.25) is 5.91 Å². The summed E-state index contributed by atoms with van der Waals surface area (Å²) in [7, 11) is 1.59. The first-order chi connectivity index (χ1) is 9.85. The van der Waals surface area contributed by atoms with Gasteiger partial charge in [-0.2, -0.15) is 0 Å². The molecule has 0 saturated heterocycles. The lowest BCUT2D eigenvalue weighted by molar-refractivity contribution is -0.143. The summed E-state index contributed by atoms with van der Waals surface area (Å²) in [6.45, 7) is 4.15. The van der Waals surface area contributed by atoms with Crippen molar-refractivity contribution in [3.05, 3.63) is 35.6 Å². The van der Waals surface area contributed by atoms with Crippen LogP contribution < -0.4 is 0 Å². The number of halogens is 2. The molecule has 0 spiro atoms. The SMILES string of the molecule is CCN(Cc1cccc(F)c1)C(=O)CN(C)C(C)C(=O)O.Cl. The van der Waals surface area contributed by atoms with E-state index in [1.54, 1.807) is 24.1 Å². The van der Waals surface area contributed by atoms with Gasteiger partial charge in [-0.1, -0.05) is 12.1 Å². The number of nitrogens with zero attached hydrogens (tertiary/aromatic N) is 2. The minimum Gasteiger partial charge on any atom is -0.480 e. The third-order valence-electron chi connectivity index (χ3n) is 3.40. The van der Waals surface area contributed by atoms with Gasteiger partial charge in [0.15, 0.2) is 0 Å². The predicted octanol–water partition coefficient (Wildman–Crippen LogP) is 2.00. The number of carboxylic acid groups (broad SMARTS) is 1. The van der Waals surface area contributed by atoms with E-state index in [2.05, 4.69) is 0 Å². The number of rotatable bonds is 7. The van der Waals surface area contributed by atoms with Crippen LogP contribution in [-0.2, 0) is 16.1 Å². The number of hydrogen-bond donors (Lipinski definition) is 1. The van der Waals surface area contributed by atoms with Crippen LogP contribution in [0.4, 0.5) is 4.39 Å². The van der Waals surface area contributed by atoms with E-state index >= 15 is 0 Å². The van der Waals surface area contributed by atoms with Gasteiger partial charge in [-0.25, -0.2) is 4.39 Å². The summed E-state index contributed by atoms with van der Waals surface area (Å²) in [6.07, 6.45) is 0. The molecule has 0 fully saturated rings. The number of carboxylic acids is 1. The van der Waals surface area contributed by atoms with E-state index < -0.39 is 12.0 Å². The first kappa shape index (κ1) is 20.3. The lowest BCUT2D eigenvalue weighted by Gasteiger charge is -2.26. The average Bonchev–Trinajstić information content (AvgIpc) is 2.43. The van der Waals surface area contributed by atoms with Crippen LogP contribution in [-0.4, -0.2) is 53.0 Å². The van der Waals surface area contributed by atoms with Crippen LogP contribution >= 0.6 is 12.4 Å². The Kier molecular flexibility index (Phi) is 8.67. The van der Waals surface area contributed by atoms with E-state index in [0.717, 1.165) is 0 Å². The fourth-order valence-corrected chi connectivity index (χ4v) is 1.87. The second kappa shape index (κ2) is 9.38. The highest BCUT2D eigenvalue weighted by Crippen LogP contribution is 2.08. The first-order valence-electron chi connectivity index (χ1n) is 6.80. The average molecular weight is 333 g/mol. The van der Waals surface area contributed by atoms with Crippen molar-refractivity contribution in [2.45, 2.75) is 26.4 Å². The molecule has 0 aromatic heterocycles. The minimum atomic E-state index is -0.974. The molecule has 1 atom stereocenters. The zero-order chi connectivity index (χ0) is 16.0. The molecular formula is C15H22ClFN2O3. The van der Waals surface area contributed by atoms with Crippen LogP contribution in [0.2, 0.25) is 0 Å². The molecule has 1 aromatic carbocycles. The molecule has 0 aliphatic rings. The Hall–Kier alpha value is -1.66. The van der Waals surface area contributed by atoms with Crippen molar-refractivity contribution in [3.8, 4) is 0 Å². The van der Waals surface area contributed by atoms with Crippen LogP contribution in [0.15, 0.2) is 24.3 Å². The highest BCUT2D eigenvalue weighted by molar-refractivity contribution is 5.85. The fourth-order valence-electron chi connectivity index (χ4n) is 1.87. The maximum atomic E-state index is 13.2. The van der Waals surface area contributed by atoms with Gasteiger partial charge in [0, 0.05) is 13.1 Å². The molecule has 1 amide bonds. The molecule has 22 heavy (non-hydrogen) atoms. The number of amides is 1. The molecule has 0 radical (unpaired) electrons. The van der Waals surface area contributed by atoms with Crippen molar-refractivity contribution in [2.75, 3.05) is 20.1 Å². The summed E-state index contributed by atoms with van der Waals surface area (Å²) in [5, 5.41) is 8.92. The van der Waals surface area contributed by atoms with Crippen molar-refractivity contribution in [1.29, 1.82) is 0 Å². The van der Waals surface area contributed by atoms with Gasteiger partial charge in [-0.3, -0.25) is 14.5 Å². The third-order valence-corrected chi connectivity index (χ3v) is 3.40. The largest absolute Gasteiger partial charge is 0.480 e. The van der Waals surface area contributed by atoms with Crippen molar-refractivity contribution >= 4 is 24.3 Å². The van der Waals surface area contributed by atoms with Crippen LogP contribution in [0.1, 0.15) is 19.4 Å². The normalized spacial score (nSPS) is 11.7. The van der Waals surface area contributed by atoms with Crippen LogP contribution in [0.25, 0.3) is 0 Å². The van der Waals surface area contributed by atoms with E-state index in [9.17, 15) is 14.0 Å². The van der Waals surface area contributed by atoms with E-state index in [1.807, 2.05) is 6.92 Å². The summed E-state index contributed by atoms with van der Waals surface area (Å²) in [5.74, 6) is -1.50. The predicted molar refractivity (Wildman–Crippen MR) is 84.5 cm³/mol. The third kappa shape index (κ3) is 5.99. The van der Waals surface area contributed by atoms with Gasteiger partial charge in [0.25, 0.3) is 0 Å². The van der Waals surface area contributed by atoms with Gasteiger partial charge in [0.1, 0.15) is 11.9 Å². The molecule has 0 aliphatic heterocycles. The van der Waals surface area contributed by atoms with Crippen molar-refractivity contribution in [3.63, 3.8) is 0 Å². The molecular weight excluding hydrogens is 311 g/mol. The summed E-state index contributed by atoms with van der Waals surface area (Å²) in [6, 6.07) is 5.36. The molecule has 0 aliphatic carbocycles. The number of carbonyl (C=O) groups is 2. The standard InChI is InChI=1S/C15H21FN2O3.ClH/c1-4-18(9-12-6-5-7-13(16)8-12)14(19)10-17(3)11(2)15(20)21;/h5-8,11H,4,9-10H2,1-3H3,(H,20,21);1H. The lowest BCUT2D eigenvalue weighted by Crippen LogP contribution is -2.44. The van der Waals surface area contributed by atoms with E-state index in [4.69, 9.17) is 5.11 Å². The molecule has 0 heterocycles. The van der Waals surface area contributed by atoms with Gasteiger partial charge >= 0.3 is 5.97 Å². The molecule has 0 saturated carbocycles. The first-order valence-corrected chi connectivity index (χ1v) is 6.80. The molecule has 0 bridgehead atoms. The number of likely N-dealkylation sites (N-methyl/N-ethyl adjacent to an activating group) is 2. The number of hydrogen-bond acceptors (Lipinski definition) is 3. The highest BCUT2D eigenvalue weighted by Gasteiger charge is 2.21. The summed E-state index contributed by atoms with van der Waals surface area (Å²) < 4.78 is 13.2. The van der Waals surface area contributed by atoms with Crippen molar-refractivity contribution in [1.82, 2.24) is 9.80 Å². The highest BCUT2D eigenvalue weighted by atomic mass is 35.5. The van der Waals surface area contributed by atoms with Crippen LogP contribution in [0.5, 0.6) is 0 Å². The quantitative estimate of drug-likeness (QED) is 0.829. The summed E-state index contributed by atoms with van der Waals surface area (Å²) in [5.41, 5.74) is 0.708. The molecule has 5 nitrogen and oxygen atoms in total. The Morgan fingerprint density at radius 1 is 1.36 bits per heavy atom. The zero-order valence-corrected chi connectivity index (χ0v) is 13.8. The van der Waals surface area contributed by atoms with Gasteiger partial charge in [-0.15, -0.1) is 12.4 Å². The summed E-state index contributed by atoms with van der Waals surface area (Å²) >= 11 is 0. The Morgan fingerprint density at radius 2 is 2.00 bits per heavy atom. The van der Waals surface area contributed by atoms with E-state index in [-0.39, 0.29) is 30.7 Å². The molecule has 1 N–H and O–H groups in total. The maximum absolute atomic E-state index is 13.2. The number of aliphatic carboxylic acids is 1. The number of carbonyl (C=O) groups excluding carboxylic acids is 1. The molecule has 7 heteroatoms. The monoisotopic (exact) mass is 332 g/mol. The second-order valence-electron chi connectivity index (χ2n) is 4.97. The smallest absolute Gasteiger partial charge is 0.320 e. The summed E-state index contributed by atoms with van der Waals surface area (Å²) in [4.78, 5) is 26.1. The Labute approximate surface area is 136 Å². The topological polar surface area (TPSA) is 60.9 Å². The van der Waals surface area contributed by atoms with E-state index in [0.29, 0.717) is 18.7 Å². The molecule has 1 rings (SSSR count). The van der Waals surface area contributed by atoms with Crippen LogP contribution in [0.3, 0.4) is 0 Å². The zero-order valence-electron chi connectivity index (χ0n) is 13.0. The maximum Gasteiger partial charge on any atom is 0.320 e. The van der Waals surface area contributed by atoms with Gasteiger partial charge in [-0.05, 0) is 38.6 Å². The van der Waals surface area contributed by atoms with Crippen LogP contribution in [0, 0.1) is 5.82 Å². The number of benzene rings is 1. The van der Waals surface area contributed by atoms with Gasteiger partial charge < -0.3 is 10.0 Å². The Balaban J connectivity index is 0.00000441. The lowest BCUT2D eigenvalue weighted by atomic mass is 10.2. The molecule has 1 unspecified atom stereocenters. The minimum absolute atomic E-state index is 0. The van der Waals surface area contributed by atoms with Crippen molar-refractivity contribution in [2.24, 2.45) is 0 Å². The molecule has 124 valence electrons.